The molecule has 0 bridgehead atoms. The lowest BCUT2D eigenvalue weighted by Gasteiger charge is -2.36. The molecule has 1 N–H and O–H groups in total. The van der Waals surface area contributed by atoms with Crippen molar-refractivity contribution in [3.63, 3.8) is 0 Å². The average Bonchev–Trinajstić information content (AvgIpc) is 2.69. The maximum absolute atomic E-state index is 6.08. The Morgan fingerprint density at radius 2 is 2.22 bits per heavy atom. The van der Waals surface area contributed by atoms with Gasteiger partial charge in [-0.1, -0.05) is 12.1 Å². The molecule has 1 unspecified atom stereocenters. The van der Waals surface area contributed by atoms with Crippen molar-refractivity contribution in [2.24, 2.45) is 0 Å². The molecule has 2 aliphatic rings. The van der Waals surface area contributed by atoms with Gasteiger partial charge in [0, 0.05) is 12.1 Å². The van der Waals surface area contributed by atoms with Crippen LogP contribution < -0.4 is 10.1 Å². The second kappa shape index (κ2) is 4.47. The molecule has 0 aliphatic carbocycles. The first-order valence-electron chi connectivity index (χ1n) is 6.90. The Kier molecular flexibility index (Phi) is 2.94. The van der Waals surface area contributed by atoms with Crippen LogP contribution in [0.15, 0.2) is 24.3 Å². The second-order valence-electron chi connectivity index (χ2n) is 5.98. The van der Waals surface area contributed by atoms with Crippen molar-refractivity contribution in [3.8, 4) is 5.75 Å². The van der Waals surface area contributed by atoms with E-state index in [0.29, 0.717) is 5.54 Å². The minimum atomic E-state index is 0.261. The maximum atomic E-state index is 6.08. The van der Waals surface area contributed by atoms with Gasteiger partial charge in [-0.3, -0.25) is 4.90 Å². The molecule has 2 heterocycles. The zero-order valence-electron chi connectivity index (χ0n) is 11.3. The summed E-state index contributed by atoms with van der Waals surface area (Å²) in [6, 6.07) is 8.19. The molecule has 0 spiro atoms. The van der Waals surface area contributed by atoms with Crippen LogP contribution in [-0.2, 0) is 0 Å². The van der Waals surface area contributed by atoms with Crippen molar-refractivity contribution in [2.75, 3.05) is 25.0 Å². The second-order valence-corrected chi connectivity index (χ2v) is 5.98. The Hall–Kier alpha value is -1.22. The average molecular weight is 246 g/mol. The molecule has 0 radical (unpaired) electrons. The molecule has 3 rings (SSSR count). The molecule has 1 atom stereocenters. The molecule has 1 aromatic carbocycles. The molecule has 0 amide bonds. The monoisotopic (exact) mass is 246 g/mol. The predicted molar refractivity (Wildman–Crippen MR) is 74.2 cm³/mol. The van der Waals surface area contributed by atoms with E-state index in [0.717, 1.165) is 24.5 Å². The van der Waals surface area contributed by atoms with E-state index in [-0.39, 0.29) is 6.10 Å². The van der Waals surface area contributed by atoms with Gasteiger partial charge >= 0.3 is 0 Å². The summed E-state index contributed by atoms with van der Waals surface area (Å²) in [5.41, 5.74) is 1.45. The van der Waals surface area contributed by atoms with Crippen molar-refractivity contribution < 1.29 is 4.74 Å². The Morgan fingerprint density at radius 1 is 1.39 bits per heavy atom. The number of rotatable bonds is 2. The Morgan fingerprint density at radius 3 is 3.00 bits per heavy atom. The highest BCUT2D eigenvalue weighted by atomic mass is 16.5. The topological polar surface area (TPSA) is 24.5 Å². The van der Waals surface area contributed by atoms with Crippen LogP contribution in [0.4, 0.5) is 5.69 Å². The van der Waals surface area contributed by atoms with Crippen LogP contribution in [0.1, 0.15) is 26.7 Å². The van der Waals surface area contributed by atoms with Crippen LogP contribution in [0.3, 0.4) is 0 Å². The summed E-state index contributed by atoms with van der Waals surface area (Å²) in [6.07, 6.45) is 2.87. The molecular weight excluding hydrogens is 224 g/mol. The number of anilines is 1. The third-order valence-corrected chi connectivity index (χ3v) is 4.20. The molecule has 3 heteroatoms. The number of benzene rings is 1. The highest BCUT2D eigenvalue weighted by Crippen LogP contribution is 2.31. The largest absolute Gasteiger partial charge is 0.485 e. The Balaban J connectivity index is 1.66. The number of fused-ring (bicyclic) bond motifs is 1. The summed E-state index contributed by atoms with van der Waals surface area (Å²) < 4.78 is 6.08. The summed E-state index contributed by atoms with van der Waals surface area (Å²) in [6.45, 7) is 7.81. The zero-order chi connectivity index (χ0) is 12.6. The van der Waals surface area contributed by atoms with Crippen molar-refractivity contribution in [2.45, 2.75) is 38.3 Å². The number of hydrogen-bond donors (Lipinski definition) is 1. The summed E-state index contributed by atoms with van der Waals surface area (Å²) in [4.78, 5) is 2.56. The van der Waals surface area contributed by atoms with E-state index in [1.54, 1.807) is 0 Å². The van der Waals surface area contributed by atoms with Crippen molar-refractivity contribution in [1.29, 1.82) is 0 Å². The molecule has 1 fully saturated rings. The number of nitrogens with one attached hydrogen (secondary N) is 1. The molecule has 98 valence electrons. The molecule has 0 saturated carbocycles. The van der Waals surface area contributed by atoms with E-state index in [1.165, 1.54) is 19.4 Å². The Labute approximate surface area is 109 Å². The lowest BCUT2D eigenvalue weighted by Crippen LogP contribution is -2.47. The highest BCUT2D eigenvalue weighted by molar-refractivity contribution is 5.57. The summed E-state index contributed by atoms with van der Waals surface area (Å²) >= 11 is 0. The Bertz CT molecular complexity index is 430. The van der Waals surface area contributed by atoms with Crippen LogP contribution in [-0.4, -0.2) is 36.2 Å². The van der Waals surface area contributed by atoms with Crippen LogP contribution in [0.2, 0.25) is 0 Å². The summed E-state index contributed by atoms with van der Waals surface area (Å²) in [5, 5.41) is 3.46. The van der Waals surface area contributed by atoms with Crippen LogP contribution >= 0.6 is 0 Å². The molecule has 3 nitrogen and oxygen atoms in total. The number of ether oxygens (including phenoxy) is 1. The first-order chi connectivity index (χ1) is 8.65. The smallest absolute Gasteiger partial charge is 0.142 e. The van der Waals surface area contributed by atoms with Gasteiger partial charge in [0.25, 0.3) is 0 Å². The van der Waals surface area contributed by atoms with Crippen molar-refractivity contribution in [3.05, 3.63) is 24.3 Å². The van der Waals surface area contributed by atoms with E-state index < -0.39 is 0 Å². The van der Waals surface area contributed by atoms with Crippen molar-refractivity contribution >= 4 is 5.69 Å². The maximum Gasteiger partial charge on any atom is 0.142 e. The third kappa shape index (κ3) is 2.19. The molecular formula is C15H22N2O. The zero-order valence-corrected chi connectivity index (χ0v) is 11.3. The van der Waals surface area contributed by atoms with E-state index in [4.69, 9.17) is 4.74 Å². The van der Waals surface area contributed by atoms with Crippen molar-refractivity contribution in [1.82, 2.24) is 4.90 Å². The van der Waals surface area contributed by atoms with Gasteiger partial charge in [-0.15, -0.1) is 0 Å². The fourth-order valence-corrected chi connectivity index (χ4v) is 3.01. The predicted octanol–water partition coefficient (Wildman–Crippen LogP) is 2.73. The minimum absolute atomic E-state index is 0.261. The number of nitrogens with zero attached hydrogens (tertiary/aromatic N) is 1. The van der Waals surface area contributed by atoms with Gasteiger partial charge in [-0.2, -0.15) is 0 Å². The lowest BCUT2D eigenvalue weighted by molar-refractivity contribution is 0.0954. The van der Waals surface area contributed by atoms with Gasteiger partial charge < -0.3 is 10.1 Å². The molecule has 1 aromatic rings. The fourth-order valence-electron chi connectivity index (χ4n) is 3.01. The van der Waals surface area contributed by atoms with E-state index in [9.17, 15) is 0 Å². The third-order valence-electron chi connectivity index (χ3n) is 4.20. The standard InChI is InChI=1S/C15H22N2O/c1-15(2)8-5-9-17(15)11-12-10-16-13-6-3-4-7-14(13)18-12/h3-4,6-7,12,16H,5,8-11H2,1-2H3. The van der Waals surface area contributed by atoms with Gasteiger partial charge in [0.05, 0.1) is 12.2 Å². The SMILES string of the molecule is CC1(C)CCCN1CC1CNc2ccccc2O1. The first kappa shape index (κ1) is 11.8. The van der Waals surface area contributed by atoms with Gasteiger partial charge in [-0.05, 0) is 45.4 Å². The number of hydrogen-bond acceptors (Lipinski definition) is 3. The first-order valence-corrected chi connectivity index (χ1v) is 6.90. The van der Waals surface area contributed by atoms with E-state index in [2.05, 4.69) is 30.1 Å². The van der Waals surface area contributed by atoms with Gasteiger partial charge in [0.1, 0.15) is 11.9 Å². The quantitative estimate of drug-likeness (QED) is 0.868. The fraction of sp³-hybridized carbons (Fsp3) is 0.600. The minimum Gasteiger partial charge on any atom is -0.485 e. The van der Waals surface area contributed by atoms with Crippen LogP contribution in [0.5, 0.6) is 5.75 Å². The van der Waals surface area contributed by atoms with Gasteiger partial charge in [0.2, 0.25) is 0 Å². The van der Waals surface area contributed by atoms with Crippen LogP contribution in [0.25, 0.3) is 0 Å². The van der Waals surface area contributed by atoms with Gasteiger partial charge in [-0.25, -0.2) is 0 Å². The summed E-state index contributed by atoms with van der Waals surface area (Å²) in [5.74, 6) is 0.991. The molecule has 1 saturated heterocycles. The van der Waals surface area contributed by atoms with Gasteiger partial charge in [0.15, 0.2) is 0 Å². The van der Waals surface area contributed by atoms with E-state index in [1.807, 2.05) is 18.2 Å². The molecule has 2 aliphatic heterocycles. The summed E-state index contributed by atoms with van der Waals surface area (Å²) in [7, 11) is 0. The normalized spacial score (nSPS) is 26.2. The lowest BCUT2D eigenvalue weighted by atomic mass is 10.0. The molecule has 18 heavy (non-hydrogen) atoms. The highest BCUT2D eigenvalue weighted by Gasteiger charge is 2.34. The molecule has 0 aromatic heterocycles. The van der Waals surface area contributed by atoms with Crippen LogP contribution in [0, 0.1) is 0 Å². The number of para-hydroxylation sites is 2. The number of likely N-dealkylation sites (tertiary alicyclic amines) is 1. The van der Waals surface area contributed by atoms with E-state index >= 15 is 0 Å².